The van der Waals surface area contributed by atoms with E-state index in [1.54, 1.807) is 0 Å². The molecule has 0 spiro atoms. The third-order valence-electron chi connectivity index (χ3n) is 5.22. The Labute approximate surface area is 154 Å². The summed E-state index contributed by atoms with van der Waals surface area (Å²) in [5.41, 5.74) is 4.83. The Morgan fingerprint density at radius 2 is 1.50 bits per heavy atom. The molecule has 4 rings (SSSR count). The van der Waals surface area contributed by atoms with E-state index in [0.717, 1.165) is 18.5 Å². The van der Waals surface area contributed by atoms with E-state index in [0.29, 0.717) is 6.42 Å². The number of benzene rings is 2. The summed E-state index contributed by atoms with van der Waals surface area (Å²) >= 11 is 0. The molecule has 1 amide bonds. The maximum atomic E-state index is 13.1. The molecule has 3 aromatic rings. The Morgan fingerprint density at radius 3 is 2.15 bits per heavy atom. The topological polar surface area (TPSA) is 34.0 Å². The van der Waals surface area contributed by atoms with E-state index in [1.165, 1.54) is 16.8 Å². The van der Waals surface area contributed by atoms with Crippen LogP contribution in [0.3, 0.4) is 0 Å². The lowest BCUT2D eigenvalue weighted by Gasteiger charge is -2.20. The SMILES string of the molecule is Cc1ccc2n1[C@@H](Cc1ccccc1)C(=O)N[C@@H](Cc1ccccc1)C2. The molecule has 132 valence electrons. The Hall–Kier alpha value is -2.81. The average Bonchev–Trinajstić information content (AvgIpc) is 2.95. The van der Waals surface area contributed by atoms with E-state index in [2.05, 4.69) is 65.3 Å². The number of carbonyl (C=O) groups is 1. The summed E-state index contributed by atoms with van der Waals surface area (Å²) < 4.78 is 2.23. The van der Waals surface area contributed by atoms with E-state index in [9.17, 15) is 4.79 Å². The predicted octanol–water partition coefficient (Wildman–Crippen LogP) is 3.86. The molecule has 2 aromatic carbocycles. The van der Waals surface area contributed by atoms with Crippen molar-refractivity contribution < 1.29 is 4.79 Å². The van der Waals surface area contributed by atoms with Gasteiger partial charge in [0.2, 0.25) is 5.91 Å². The first-order chi connectivity index (χ1) is 12.7. The quantitative estimate of drug-likeness (QED) is 0.766. The number of amides is 1. The summed E-state index contributed by atoms with van der Waals surface area (Å²) in [7, 11) is 0. The van der Waals surface area contributed by atoms with E-state index in [4.69, 9.17) is 0 Å². The summed E-state index contributed by atoms with van der Waals surface area (Å²) in [5, 5.41) is 3.30. The van der Waals surface area contributed by atoms with Gasteiger partial charge in [0.1, 0.15) is 6.04 Å². The van der Waals surface area contributed by atoms with E-state index >= 15 is 0 Å². The standard InChI is InChI=1S/C23H24N2O/c1-17-12-13-21-16-20(14-18-8-4-2-5-9-18)24-23(26)22(25(17)21)15-19-10-6-3-7-11-19/h2-13,20,22H,14-16H2,1H3,(H,24,26)/t20-,22-/m0/s1. The third kappa shape index (κ3) is 3.43. The number of hydrogen-bond donors (Lipinski definition) is 1. The lowest BCUT2D eigenvalue weighted by atomic mass is 10.0. The van der Waals surface area contributed by atoms with Crippen LogP contribution >= 0.6 is 0 Å². The zero-order chi connectivity index (χ0) is 17.9. The van der Waals surface area contributed by atoms with Gasteiger partial charge in [-0.2, -0.15) is 0 Å². The van der Waals surface area contributed by atoms with Crippen LogP contribution in [0.2, 0.25) is 0 Å². The van der Waals surface area contributed by atoms with Crippen LogP contribution in [0.5, 0.6) is 0 Å². The molecule has 0 aliphatic carbocycles. The zero-order valence-corrected chi connectivity index (χ0v) is 15.1. The van der Waals surface area contributed by atoms with Crippen molar-refractivity contribution in [3.63, 3.8) is 0 Å². The van der Waals surface area contributed by atoms with Crippen molar-refractivity contribution in [3.05, 3.63) is 95.3 Å². The Kier molecular flexibility index (Phi) is 4.61. The van der Waals surface area contributed by atoms with Crippen LogP contribution in [0, 0.1) is 6.92 Å². The maximum absolute atomic E-state index is 13.1. The van der Waals surface area contributed by atoms with Crippen molar-refractivity contribution in [2.24, 2.45) is 0 Å². The maximum Gasteiger partial charge on any atom is 0.243 e. The monoisotopic (exact) mass is 344 g/mol. The number of nitrogens with zero attached hydrogens (tertiary/aromatic N) is 1. The smallest absolute Gasteiger partial charge is 0.243 e. The van der Waals surface area contributed by atoms with E-state index in [-0.39, 0.29) is 18.0 Å². The summed E-state index contributed by atoms with van der Waals surface area (Å²) in [6.45, 7) is 2.09. The van der Waals surface area contributed by atoms with Gasteiger partial charge in [-0.3, -0.25) is 4.79 Å². The molecule has 1 aliphatic rings. The van der Waals surface area contributed by atoms with Gasteiger partial charge in [-0.1, -0.05) is 60.7 Å². The van der Waals surface area contributed by atoms with Crippen molar-refractivity contribution in [1.29, 1.82) is 0 Å². The highest BCUT2D eigenvalue weighted by Crippen LogP contribution is 2.25. The first-order valence-electron chi connectivity index (χ1n) is 9.25. The summed E-state index contributed by atoms with van der Waals surface area (Å²) in [5.74, 6) is 0.118. The lowest BCUT2D eigenvalue weighted by Crippen LogP contribution is -2.39. The van der Waals surface area contributed by atoms with Gasteiger partial charge in [0, 0.05) is 30.3 Å². The molecule has 2 atom stereocenters. The molecule has 1 aromatic heterocycles. The largest absolute Gasteiger partial charge is 0.351 e. The average molecular weight is 344 g/mol. The molecular formula is C23H24N2O. The molecule has 3 heteroatoms. The van der Waals surface area contributed by atoms with Crippen LogP contribution in [0.25, 0.3) is 0 Å². The molecule has 3 nitrogen and oxygen atoms in total. The number of fused-ring (bicyclic) bond motifs is 1. The molecule has 0 radical (unpaired) electrons. The van der Waals surface area contributed by atoms with Crippen molar-refractivity contribution in [3.8, 4) is 0 Å². The Bertz CT molecular complexity index is 883. The minimum atomic E-state index is -0.192. The molecular weight excluding hydrogens is 320 g/mol. The molecule has 1 N–H and O–H groups in total. The van der Waals surface area contributed by atoms with Gasteiger partial charge >= 0.3 is 0 Å². The third-order valence-corrected chi connectivity index (χ3v) is 5.22. The number of aromatic nitrogens is 1. The van der Waals surface area contributed by atoms with Gasteiger partial charge in [-0.05, 0) is 36.6 Å². The molecule has 0 saturated carbocycles. The molecule has 0 saturated heterocycles. The minimum Gasteiger partial charge on any atom is -0.351 e. The Morgan fingerprint density at radius 1 is 0.885 bits per heavy atom. The fourth-order valence-electron chi connectivity index (χ4n) is 3.98. The fraction of sp³-hybridized carbons (Fsp3) is 0.261. The van der Waals surface area contributed by atoms with Crippen LogP contribution in [0.1, 0.15) is 28.6 Å². The number of nitrogens with one attached hydrogen (secondary N) is 1. The number of carbonyl (C=O) groups excluding carboxylic acids is 1. The first-order valence-corrected chi connectivity index (χ1v) is 9.25. The highest BCUT2D eigenvalue weighted by Gasteiger charge is 2.30. The lowest BCUT2D eigenvalue weighted by molar-refractivity contribution is -0.124. The van der Waals surface area contributed by atoms with Crippen LogP contribution in [-0.4, -0.2) is 16.5 Å². The van der Waals surface area contributed by atoms with Crippen LogP contribution in [0.4, 0.5) is 0 Å². The fourth-order valence-corrected chi connectivity index (χ4v) is 3.98. The van der Waals surface area contributed by atoms with Gasteiger partial charge in [0.25, 0.3) is 0 Å². The second-order valence-corrected chi connectivity index (χ2v) is 7.14. The highest BCUT2D eigenvalue weighted by atomic mass is 16.2. The van der Waals surface area contributed by atoms with Crippen molar-refractivity contribution in [1.82, 2.24) is 9.88 Å². The first kappa shape index (κ1) is 16.6. The van der Waals surface area contributed by atoms with Crippen molar-refractivity contribution >= 4 is 5.91 Å². The predicted molar refractivity (Wildman–Crippen MR) is 104 cm³/mol. The van der Waals surface area contributed by atoms with Crippen LogP contribution < -0.4 is 5.32 Å². The molecule has 0 unspecified atom stereocenters. The van der Waals surface area contributed by atoms with Crippen LogP contribution in [0.15, 0.2) is 72.8 Å². The molecule has 0 bridgehead atoms. The molecule has 26 heavy (non-hydrogen) atoms. The Balaban J connectivity index is 1.63. The summed E-state index contributed by atoms with van der Waals surface area (Å²) in [6, 6.07) is 24.9. The number of aryl methyl sites for hydroxylation is 1. The molecule has 0 fully saturated rings. The van der Waals surface area contributed by atoms with Gasteiger partial charge in [-0.15, -0.1) is 0 Å². The summed E-state index contributed by atoms with van der Waals surface area (Å²) in [6.07, 6.45) is 2.43. The number of hydrogen-bond acceptors (Lipinski definition) is 1. The highest BCUT2D eigenvalue weighted by molar-refractivity contribution is 5.81. The van der Waals surface area contributed by atoms with Gasteiger partial charge in [0.15, 0.2) is 0 Å². The van der Waals surface area contributed by atoms with Gasteiger partial charge in [-0.25, -0.2) is 0 Å². The van der Waals surface area contributed by atoms with E-state index in [1.807, 2.05) is 24.3 Å². The zero-order valence-electron chi connectivity index (χ0n) is 15.1. The van der Waals surface area contributed by atoms with Gasteiger partial charge in [0.05, 0.1) is 0 Å². The van der Waals surface area contributed by atoms with Gasteiger partial charge < -0.3 is 9.88 Å². The number of rotatable bonds is 4. The van der Waals surface area contributed by atoms with Crippen molar-refractivity contribution in [2.75, 3.05) is 0 Å². The van der Waals surface area contributed by atoms with E-state index < -0.39 is 0 Å². The summed E-state index contributed by atoms with van der Waals surface area (Å²) in [4.78, 5) is 13.1. The van der Waals surface area contributed by atoms with Crippen molar-refractivity contribution in [2.45, 2.75) is 38.3 Å². The second kappa shape index (κ2) is 7.20. The normalized spacial score (nSPS) is 19.5. The minimum absolute atomic E-state index is 0.118. The second-order valence-electron chi connectivity index (χ2n) is 7.14. The molecule has 2 heterocycles. The van der Waals surface area contributed by atoms with Crippen LogP contribution in [-0.2, 0) is 24.1 Å². The molecule has 1 aliphatic heterocycles.